The van der Waals surface area contributed by atoms with E-state index >= 15 is 0 Å². The molecular weight excluding hydrogens is 525 g/mol. The van der Waals surface area contributed by atoms with Gasteiger partial charge in [-0.3, -0.25) is 9.59 Å². The van der Waals surface area contributed by atoms with E-state index in [1.165, 1.54) is 17.4 Å². The summed E-state index contributed by atoms with van der Waals surface area (Å²) in [6.45, 7) is 3.47. The zero-order chi connectivity index (χ0) is 27.6. The van der Waals surface area contributed by atoms with E-state index in [0.717, 1.165) is 41.7 Å². The van der Waals surface area contributed by atoms with Crippen LogP contribution >= 0.6 is 11.3 Å². The molecule has 1 fully saturated rings. The van der Waals surface area contributed by atoms with Gasteiger partial charge in [0.15, 0.2) is 0 Å². The maximum absolute atomic E-state index is 15.0. The fourth-order valence-corrected chi connectivity index (χ4v) is 6.63. The Morgan fingerprint density at radius 3 is 2.80 bits per heavy atom. The van der Waals surface area contributed by atoms with Crippen LogP contribution in [0.4, 0.5) is 4.39 Å². The van der Waals surface area contributed by atoms with Gasteiger partial charge in [-0.25, -0.2) is 9.37 Å². The van der Waals surface area contributed by atoms with E-state index in [9.17, 15) is 14.0 Å². The van der Waals surface area contributed by atoms with Gasteiger partial charge in [0.1, 0.15) is 22.3 Å². The number of carbonyl (C=O) groups is 2. The lowest BCUT2D eigenvalue weighted by Crippen LogP contribution is -2.49. The molecule has 2 amide bonds. The van der Waals surface area contributed by atoms with Gasteiger partial charge < -0.3 is 15.0 Å². The monoisotopic (exact) mass is 555 g/mol. The van der Waals surface area contributed by atoms with E-state index in [1.807, 2.05) is 54.3 Å². The molecule has 1 atom stereocenters. The molecule has 1 aromatic heterocycles. The summed E-state index contributed by atoms with van der Waals surface area (Å²) in [6.07, 6.45) is 3.30. The van der Waals surface area contributed by atoms with Gasteiger partial charge in [-0.05, 0) is 50.5 Å². The molecule has 1 saturated heterocycles. The number of thiazole rings is 1. The van der Waals surface area contributed by atoms with Crippen molar-refractivity contribution in [3.8, 4) is 26.8 Å². The summed E-state index contributed by atoms with van der Waals surface area (Å²) >= 11 is 1.33. The Labute approximate surface area is 236 Å². The van der Waals surface area contributed by atoms with Crippen molar-refractivity contribution in [2.24, 2.45) is 0 Å². The van der Waals surface area contributed by atoms with Gasteiger partial charge in [-0.1, -0.05) is 48.0 Å². The largest absolute Gasteiger partial charge is 0.493 e. The molecule has 204 valence electrons. The average molecular weight is 556 g/mol. The Morgan fingerprint density at radius 1 is 1.10 bits per heavy atom. The molecule has 2 aliphatic rings. The molecule has 0 bridgehead atoms. The van der Waals surface area contributed by atoms with Gasteiger partial charge in [0.25, 0.3) is 11.8 Å². The van der Waals surface area contributed by atoms with Crippen molar-refractivity contribution >= 4 is 23.2 Å². The van der Waals surface area contributed by atoms with E-state index in [-0.39, 0.29) is 23.6 Å². The lowest BCUT2D eigenvalue weighted by molar-refractivity contribution is 0.0598. The fraction of sp³-hybridized carbons (Fsp3) is 0.281. The summed E-state index contributed by atoms with van der Waals surface area (Å²) in [5.41, 5.74) is 4.14. The van der Waals surface area contributed by atoms with Crippen LogP contribution in [0.15, 0.2) is 66.7 Å². The van der Waals surface area contributed by atoms with Gasteiger partial charge in [-0.2, -0.15) is 0 Å². The fourth-order valence-electron chi connectivity index (χ4n) is 5.55. The smallest absolute Gasteiger partial charge is 0.274 e. The van der Waals surface area contributed by atoms with Crippen LogP contribution in [-0.2, 0) is 6.42 Å². The number of ether oxygens (including phenoxy) is 1. The Balaban J connectivity index is 1.29. The van der Waals surface area contributed by atoms with Crippen LogP contribution in [0.3, 0.4) is 0 Å². The Morgan fingerprint density at radius 2 is 1.95 bits per heavy atom. The van der Waals surface area contributed by atoms with E-state index in [0.29, 0.717) is 47.1 Å². The molecule has 0 unspecified atom stereocenters. The zero-order valence-electron chi connectivity index (χ0n) is 22.3. The van der Waals surface area contributed by atoms with Crippen LogP contribution in [0.2, 0.25) is 0 Å². The number of aryl methyl sites for hydroxylation is 1. The number of nitrogens with one attached hydrogen (secondary N) is 1. The lowest BCUT2D eigenvalue weighted by atomic mass is 10.00. The van der Waals surface area contributed by atoms with Crippen LogP contribution in [0.25, 0.3) is 21.0 Å². The molecule has 6 nitrogen and oxygen atoms in total. The highest BCUT2D eigenvalue weighted by Crippen LogP contribution is 2.38. The number of carbonyl (C=O) groups excluding carboxylic acids is 2. The lowest BCUT2D eigenvalue weighted by Gasteiger charge is -2.35. The van der Waals surface area contributed by atoms with E-state index in [2.05, 4.69) is 5.32 Å². The number of rotatable bonds is 6. The maximum Gasteiger partial charge on any atom is 0.274 e. The number of likely N-dealkylation sites (tertiary alicyclic amines) is 1. The van der Waals surface area contributed by atoms with Crippen molar-refractivity contribution in [3.05, 3.63) is 94.9 Å². The van der Waals surface area contributed by atoms with Crippen LogP contribution in [-0.4, -0.2) is 47.4 Å². The molecule has 40 heavy (non-hydrogen) atoms. The minimum absolute atomic E-state index is 0.164. The minimum Gasteiger partial charge on any atom is -0.493 e. The standard InChI is InChI=1S/C32H30FN3O3S/c1-20-8-6-9-21(18-20)31-35-28(29(40-31)25-11-2-3-13-26(25)33)32(38)36-16-5-4-10-22(36)19-34-30(37)24-12-7-14-27-23(24)15-17-39-27/h2-3,6-9,11-14,18,22H,4-5,10,15-17,19H2,1H3,(H,34,37)/t22-/m0/s1. The molecule has 0 radical (unpaired) electrons. The summed E-state index contributed by atoms with van der Waals surface area (Å²) in [5, 5.41) is 3.73. The van der Waals surface area contributed by atoms with Crippen molar-refractivity contribution in [2.45, 2.75) is 38.6 Å². The first-order valence-corrected chi connectivity index (χ1v) is 14.5. The van der Waals surface area contributed by atoms with Crippen molar-refractivity contribution in [2.75, 3.05) is 19.7 Å². The van der Waals surface area contributed by atoms with Gasteiger partial charge in [0.05, 0.1) is 11.5 Å². The van der Waals surface area contributed by atoms with Crippen LogP contribution in [0.1, 0.15) is 51.2 Å². The van der Waals surface area contributed by atoms with Gasteiger partial charge in [-0.15, -0.1) is 11.3 Å². The van der Waals surface area contributed by atoms with Gasteiger partial charge in [0.2, 0.25) is 0 Å². The number of halogens is 1. The predicted octanol–water partition coefficient (Wildman–Crippen LogP) is 6.28. The van der Waals surface area contributed by atoms with Crippen molar-refractivity contribution in [1.29, 1.82) is 0 Å². The molecule has 2 aliphatic heterocycles. The Bertz CT molecular complexity index is 1580. The topological polar surface area (TPSA) is 71.5 Å². The molecule has 0 spiro atoms. The van der Waals surface area contributed by atoms with Crippen molar-refractivity contribution in [3.63, 3.8) is 0 Å². The third-order valence-electron chi connectivity index (χ3n) is 7.59. The number of hydrogen-bond acceptors (Lipinski definition) is 5. The van der Waals surface area contributed by atoms with Crippen LogP contribution in [0, 0.1) is 12.7 Å². The number of piperidine rings is 1. The number of fused-ring (bicyclic) bond motifs is 1. The summed E-state index contributed by atoms with van der Waals surface area (Å²) in [7, 11) is 0. The third-order valence-corrected chi connectivity index (χ3v) is 8.72. The zero-order valence-corrected chi connectivity index (χ0v) is 23.1. The van der Waals surface area contributed by atoms with Gasteiger partial charge >= 0.3 is 0 Å². The van der Waals surface area contributed by atoms with Crippen molar-refractivity contribution in [1.82, 2.24) is 15.2 Å². The van der Waals surface area contributed by atoms with Crippen LogP contribution in [0.5, 0.6) is 5.75 Å². The summed E-state index contributed by atoms with van der Waals surface area (Å²) in [6, 6.07) is 19.8. The number of benzene rings is 3. The second-order valence-corrected chi connectivity index (χ2v) is 11.3. The first-order valence-electron chi connectivity index (χ1n) is 13.7. The number of hydrogen-bond donors (Lipinski definition) is 1. The predicted molar refractivity (Wildman–Crippen MR) is 154 cm³/mol. The molecule has 3 heterocycles. The Hall–Kier alpha value is -4.04. The van der Waals surface area contributed by atoms with Crippen LogP contribution < -0.4 is 10.1 Å². The number of aromatic nitrogens is 1. The quantitative estimate of drug-likeness (QED) is 0.304. The van der Waals surface area contributed by atoms with E-state index in [1.54, 1.807) is 18.2 Å². The summed E-state index contributed by atoms with van der Waals surface area (Å²) < 4.78 is 20.6. The highest BCUT2D eigenvalue weighted by Gasteiger charge is 2.32. The highest BCUT2D eigenvalue weighted by molar-refractivity contribution is 7.18. The van der Waals surface area contributed by atoms with E-state index in [4.69, 9.17) is 9.72 Å². The molecule has 0 aliphatic carbocycles. The number of amides is 2. The molecule has 6 rings (SSSR count). The molecule has 0 saturated carbocycles. The molecule has 4 aromatic rings. The maximum atomic E-state index is 15.0. The van der Waals surface area contributed by atoms with E-state index < -0.39 is 5.82 Å². The molecule has 3 aromatic carbocycles. The Kier molecular flexibility index (Phi) is 7.34. The summed E-state index contributed by atoms with van der Waals surface area (Å²) in [4.78, 5) is 34.4. The average Bonchev–Trinajstić information content (AvgIpc) is 3.64. The SMILES string of the molecule is Cc1cccc(-c2nc(C(=O)N3CCCC[C@H]3CNC(=O)c3cccc4c3CCO4)c(-c3ccccc3F)s2)c1. The second-order valence-electron chi connectivity index (χ2n) is 10.3. The first kappa shape index (κ1) is 26.2. The minimum atomic E-state index is -0.391. The molecule has 1 N–H and O–H groups in total. The normalized spacial score (nSPS) is 16.4. The third kappa shape index (κ3) is 5.11. The van der Waals surface area contributed by atoms with Gasteiger partial charge in [0, 0.05) is 47.8 Å². The first-order chi connectivity index (χ1) is 19.5. The van der Waals surface area contributed by atoms with Crippen molar-refractivity contribution < 1.29 is 18.7 Å². The summed E-state index contributed by atoms with van der Waals surface area (Å²) in [5.74, 6) is -0.0299. The second kappa shape index (κ2) is 11.2. The molecule has 8 heteroatoms. The number of nitrogens with zero attached hydrogens (tertiary/aromatic N) is 2. The highest BCUT2D eigenvalue weighted by atomic mass is 32.1. The molecular formula is C32H30FN3O3S.